The number of benzene rings is 1. The molecule has 2 N–H and O–H groups in total. The maximum Gasteiger partial charge on any atom is 0.501 e. The third-order valence-corrected chi connectivity index (χ3v) is 5.88. The fourth-order valence-electron chi connectivity index (χ4n) is 2.93. The summed E-state index contributed by atoms with van der Waals surface area (Å²) in [5.41, 5.74) is -6.84. The number of hydrogen-bond acceptors (Lipinski definition) is 4. The highest BCUT2D eigenvalue weighted by molar-refractivity contribution is 7.92. The topological polar surface area (TPSA) is 66.4 Å². The molecule has 0 aromatic heterocycles. The van der Waals surface area contributed by atoms with Crippen LogP contribution in [0.4, 0.5) is 32.0 Å². The van der Waals surface area contributed by atoms with E-state index in [0.717, 1.165) is 24.3 Å². The van der Waals surface area contributed by atoms with Crippen LogP contribution in [0.2, 0.25) is 0 Å². The van der Waals surface area contributed by atoms with Gasteiger partial charge >= 0.3 is 11.7 Å². The number of aliphatic hydroxyl groups is 1. The number of halogens is 6. The van der Waals surface area contributed by atoms with Crippen molar-refractivity contribution in [3.8, 4) is 0 Å². The summed E-state index contributed by atoms with van der Waals surface area (Å²) in [7, 11) is -5.47. The van der Waals surface area contributed by atoms with E-state index in [9.17, 15) is 39.9 Å². The summed E-state index contributed by atoms with van der Waals surface area (Å²) in [4.78, 5) is -0.941. The summed E-state index contributed by atoms with van der Waals surface area (Å²) in [6.45, 7) is -0.231. The van der Waals surface area contributed by atoms with Crippen molar-refractivity contribution in [1.29, 1.82) is 0 Å². The molecular formula is C15H17F6NO3S. The van der Waals surface area contributed by atoms with E-state index in [0.29, 0.717) is 0 Å². The molecule has 0 saturated heterocycles. The largest absolute Gasteiger partial charge is 0.501 e. The van der Waals surface area contributed by atoms with Gasteiger partial charge in [-0.25, -0.2) is 8.42 Å². The van der Waals surface area contributed by atoms with Gasteiger partial charge < -0.3 is 10.4 Å². The fraction of sp³-hybridized carbons (Fsp3) is 0.600. The van der Waals surface area contributed by atoms with Gasteiger partial charge in [0, 0.05) is 12.2 Å². The third-order valence-electron chi connectivity index (χ3n) is 4.37. The molecule has 2 rings (SSSR count). The maximum atomic E-state index is 12.8. The van der Waals surface area contributed by atoms with E-state index in [1.807, 2.05) is 0 Å². The van der Waals surface area contributed by atoms with E-state index in [-0.39, 0.29) is 31.5 Å². The molecule has 0 heterocycles. The SMILES string of the molecule is O=S(=O)(c1ccc(NCC2(O)CCCC(C(F)(F)F)C2)cc1)C(F)(F)F. The Morgan fingerprint density at radius 3 is 2.19 bits per heavy atom. The summed E-state index contributed by atoms with van der Waals surface area (Å²) in [6, 6.07) is 3.61. The Morgan fingerprint density at radius 1 is 1.12 bits per heavy atom. The van der Waals surface area contributed by atoms with E-state index >= 15 is 0 Å². The lowest BCUT2D eigenvalue weighted by molar-refractivity contribution is -0.199. The molecule has 0 amide bonds. The zero-order chi connectivity index (χ0) is 19.8. The highest BCUT2D eigenvalue weighted by Crippen LogP contribution is 2.41. The molecule has 148 valence electrons. The first-order valence-corrected chi connectivity index (χ1v) is 9.17. The Balaban J connectivity index is 2.04. The Hall–Kier alpha value is -1.49. The van der Waals surface area contributed by atoms with Crippen LogP contribution in [-0.2, 0) is 9.84 Å². The zero-order valence-electron chi connectivity index (χ0n) is 13.4. The van der Waals surface area contributed by atoms with Crippen LogP contribution in [0.1, 0.15) is 25.7 Å². The lowest BCUT2D eigenvalue weighted by Gasteiger charge is -2.37. The van der Waals surface area contributed by atoms with Gasteiger partial charge in [-0.3, -0.25) is 0 Å². The van der Waals surface area contributed by atoms with Crippen molar-refractivity contribution >= 4 is 15.5 Å². The molecule has 1 fully saturated rings. The second kappa shape index (κ2) is 6.91. The van der Waals surface area contributed by atoms with Gasteiger partial charge in [-0.2, -0.15) is 26.3 Å². The van der Waals surface area contributed by atoms with Crippen LogP contribution in [0.15, 0.2) is 29.2 Å². The van der Waals surface area contributed by atoms with Gasteiger partial charge in [-0.1, -0.05) is 0 Å². The van der Waals surface area contributed by atoms with E-state index in [1.165, 1.54) is 0 Å². The average Bonchev–Trinajstić information content (AvgIpc) is 2.51. The van der Waals surface area contributed by atoms with Gasteiger partial charge in [0.2, 0.25) is 0 Å². The quantitative estimate of drug-likeness (QED) is 0.747. The number of nitrogens with one attached hydrogen (secondary N) is 1. The number of hydrogen-bond donors (Lipinski definition) is 2. The number of anilines is 1. The summed E-state index contributed by atoms with van der Waals surface area (Å²) >= 11 is 0. The van der Waals surface area contributed by atoms with Crippen LogP contribution < -0.4 is 5.32 Å². The Bertz CT molecular complexity index is 729. The Labute approximate surface area is 146 Å². The minimum Gasteiger partial charge on any atom is -0.388 e. The molecule has 0 radical (unpaired) electrons. The van der Waals surface area contributed by atoms with Crippen molar-refractivity contribution in [3.63, 3.8) is 0 Å². The second-order valence-electron chi connectivity index (χ2n) is 6.39. The van der Waals surface area contributed by atoms with Crippen molar-refractivity contribution < 1.29 is 39.9 Å². The highest BCUT2D eigenvalue weighted by Gasteiger charge is 2.47. The number of sulfone groups is 1. The molecule has 4 nitrogen and oxygen atoms in total. The smallest absolute Gasteiger partial charge is 0.388 e. The fourth-order valence-corrected chi connectivity index (χ4v) is 3.69. The lowest BCUT2D eigenvalue weighted by atomic mass is 9.77. The number of rotatable bonds is 4. The van der Waals surface area contributed by atoms with Gasteiger partial charge in [-0.05, 0) is 49.9 Å². The van der Waals surface area contributed by atoms with Crippen molar-refractivity contribution in [1.82, 2.24) is 0 Å². The first kappa shape index (κ1) is 20.8. The van der Waals surface area contributed by atoms with Crippen LogP contribution in [0.25, 0.3) is 0 Å². The monoisotopic (exact) mass is 405 g/mol. The molecule has 1 aromatic rings. The second-order valence-corrected chi connectivity index (χ2v) is 8.33. The maximum absolute atomic E-state index is 12.8. The molecule has 0 bridgehead atoms. The lowest BCUT2D eigenvalue weighted by Crippen LogP contribution is -2.45. The van der Waals surface area contributed by atoms with E-state index < -0.39 is 44.4 Å². The first-order chi connectivity index (χ1) is 11.7. The van der Waals surface area contributed by atoms with E-state index in [2.05, 4.69) is 5.32 Å². The van der Waals surface area contributed by atoms with Gasteiger partial charge in [-0.15, -0.1) is 0 Å². The summed E-state index contributed by atoms with van der Waals surface area (Å²) < 4.78 is 98.4. The van der Waals surface area contributed by atoms with Crippen LogP contribution in [0.5, 0.6) is 0 Å². The van der Waals surface area contributed by atoms with E-state index in [4.69, 9.17) is 0 Å². The molecule has 2 unspecified atom stereocenters. The third kappa shape index (κ3) is 4.61. The molecular weight excluding hydrogens is 388 g/mol. The summed E-state index contributed by atoms with van der Waals surface area (Å²) in [6.07, 6.45) is -4.57. The van der Waals surface area contributed by atoms with Crippen LogP contribution in [-0.4, -0.2) is 37.4 Å². The standard InChI is InChI=1S/C15H17F6NO3S/c16-14(17,18)10-2-1-7-13(23,8-10)9-22-11-3-5-12(6-4-11)26(24,25)15(19,20)21/h3-6,10,22-23H,1-2,7-9H2. The van der Waals surface area contributed by atoms with Gasteiger partial charge in [0.15, 0.2) is 0 Å². The molecule has 0 aliphatic heterocycles. The summed E-state index contributed by atoms with van der Waals surface area (Å²) in [5, 5.41) is 13.0. The summed E-state index contributed by atoms with van der Waals surface area (Å²) in [5.74, 6) is -1.61. The van der Waals surface area contributed by atoms with Crippen molar-refractivity contribution in [3.05, 3.63) is 24.3 Å². The highest BCUT2D eigenvalue weighted by atomic mass is 32.2. The molecule has 1 saturated carbocycles. The van der Waals surface area contributed by atoms with Gasteiger partial charge in [0.05, 0.1) is 16.4 Å². The Morgan fingerprint density at radius 2 is 1.69 bits per heavy atom. The normalized spacial score (nSPS) is 25.1. The number of alkyl halides is 6. The molecule has 1 aromatic carbocycles. The van der Waals surface area contributed by atoms with E-state index in [1.54, 1.807) is 0 Å². The predicted molar refractivity (Wildman–Crippen MR) is 81.1 cm³/mol. The van der Waals surface area contributed by atoms with Gasteiger partial charge in [0.25, 0.3) is 9.84 Å². The zero-order valence-corrected chi connectivity index (χ0v) is 14.2. The van der Waals surface area contributed by atoms with Crippen LogP contribution in [0.3, 0.4) is 0 Å². The molecule has 1 aliphatic carbocycles. The molecule has 11 heteroatoms. The molecule has 26 heavy (non-hydrogen) atoms. The average molecular weight is 405 g/mol. The van der Waals surface area contributed by atoms with Crippen molar-refractivity contribution in [2.24, 2.45) is 5.92 Å². The van der Waals surface area contributed by atoms with Crippen LogP contribution >= 0.6 is 0 Å². The van der Waals surface area contributed by atoms with Crippen molar-refractivity contribution in [2.75, 3.05) is 11.9 Å². The molecule has 0 spiro atoms. The van der Waals surface area contributed by atoms with Crippen LogP contribution in [0, 0.1) is 5.92 Å². The molecule has 2 atom stereocenters. The van der Waals surface area contributed by atoms with Crippen molar-refractivity contribution in [2.45, 2.75) is 47.9 Å². The molecule has 1 aliphatic rings. The van der Waals surface area contributed by atoms with Gasteiger partial charge in [0.1, 0.15) is 0 Å². The Kier molecular flexibility index (Phi) is 5.54. The minimum absolute atomic E-state index is 0.0597. The predicted octanol–water partition coefficient (Wildman–Crippen LogP) is 3.88. The first-order valence-electron chi connectivity index (χ1n) is 7.69. The minimum atomic E-state index is -5.47.